The lowest BCUT2D eigenvalue weighted by molar-refractivity contribution is -0.161. The topological polar surface area (TPSA) is 237 Å². The second-order valence-electron chi connectivity index (χ2n) is 26.6. The van der Waals surface area contributed by atoms with Gasteiger partial charge in [-0.15, -0.1) is 0 Å². The van der Waals surface area contributed by atoms with E-state index in [1.165, 1.54) is 128 Å². The van der Waals surface area contributed by atoms with Gasteiger partial charge in [-0.2, -0.15) is 0 Å². The molecule has 4 unspecified atom stereocenters. The SMILES string of the molecule is CCC(C)CCCCCCCCCCC(=O)O[C@H](COC(=O)CCCCCCCCC(C)C)COP(=O)(O)OCC(O)COP(=O)(O)OC[C@@H](COC(=O)CCCCCCCCC(C)C)OC(=O)CCCCCCCCCCCCCCCCCC(C)C. The van der Waals surface area contributed by atoms with Gasteiger partial charge < -0.3 is 33.8 Å². The molecule has 0 fully saturated rings. The first-order chi connectivity index (χ1) is 42.1. The Morgan fingerprint density at radius 2 is 0.545 bits per heavy atom. The Bertz CT molecular complexity index is 1750. The van der Waals surface area contributed by atoms with Crippen molar-refractivity contribution in [1.82, 2.24) is 0 Å². The summed E-state index contributed by atoms with van der Waals surface area (Å²) in [5.74, 6) is 0.795. The maximum absolute atomic E-state index is 13.0. The molecule has 0 aliphatic carbocycles. The van der Waals surface area contributed by atoms with Crippen LogP contribution < -0.4 is 0 Å². The Morgan fingerprint density at radius 3 is 0.807 bits per heavy atom. The van der Waals surface area contributed by atoms with Gasteiger partial charge in [-0.3, -0.25) is 37.3 Å². The van der Waals surface area contributed by atoms with Gasteiger partial charge in [0.05, 0.1) is 26.4 Å². The summed E-state index contributed by atoms with van der Waals surface area (Å²) >= 11 is 0. The maximum atomic E-state index is 13.0. The molecule has 0 saturated heterocycles. The highest BCUT2D eigenvalue weighted by atomic mass is 31.2. The molecule has 0 rings (SSSR count). The minimum Gasteiger partial charge on any atom is -0.462 e. The summed E-state index contributed by atoms with van der Waals surface area (Å²) in [5, 5.41) is 10.6. The van der Waals surface area contributed by atoms with E-state index in [0.717, 1.165) is 115 Å². The molecular weight excluding hydrogens is 1160 g/mol. The zero-order chi connectivity index (χ0) is 65.4. The summed E-state index contributed by atoms with van der Waals surface area (Å²) in [6.45, 7) is 14.0. The third-order valence-electron chi connectivity index (χ3n) is 16.2. The van der Waals surface area contributed by atoms with Crippen LogP contribution in [0.1, 0.15) is 338 Å². The molecule has 0 heterocycles. The minimum atomic E-state index is -4.95. The number of carbonyl (C=O) groups is 4. The quantitative estimate of drug-likeness (QED) is 0.0222. The van der Waals surface area contributed by atoms with Crippen LogP contribution in [-0.4, -0.2) is 96.7 Å². The van der Waals surface area contributed by atoms with Crippen LogP contribution in [0, 0.1) is 23.7 Å². The van der Waals surface area contributed by atoms with E-state index in [4.69, 9.17) is 37.0 Å². The highest BCUT2D eigenvalue weighted by Crippen LogP contribution is 2.45. The molecule has 6 atom stereocenters. The maximum Gasteiger partial charge on any atom is 0.472 e. The van der Waals surface area contributed by atoms with Crippen molar-refractivity contribution < 1.29 is 80.2 Å². The van der Waals surface area contributed by atoms with Gasteiger partial charge >= 0.3 is 39.5 Å². The van der Waals surface area contributed by atoms with E-state index in [9.17, 15) is 43.2 Å². The molecule has 0 bridgehead atoms. The molecule has 3 N–H and O–H groups in total. The molecular formula is C69H134O17P2. The standard InChI is InChI=1S/C69H134O17P2/c1-9-62(8)48-40-32-22-19-20-24-36-44-52-69(74)86-65(56-80-67(72)50-42-34-28-26-31-39-47-61(6)7)58-84-88(77,78)82-54-63(70)53-81-87(75,76)83-57-64(55-79-66(71)49-41-33-27-25-30-38-46-60(4)5)85-68(73)51-43-35-23-18-16-14-12-10-11-13-15-17-21-29-37-45-59(2)3/h59-65,70H,9-58H2,1-8H3,(H,75,76)(H,77,78)/t62?,63?,64-,65-/m1/s1. The highest BCUT2D eigenvalue weighted by Gasteiger charge is 2.30. The van der Waals surface area contributed by atoms with Crippen molar-refractivity contribution in [3.05, 3.63) is 0 Å². The Kier molecular flexibility index (Phi) is 57.6. The van der Waals surface area contributed by atoms with Gasteiger partial charge in [0.2, 0.25) is 0 Å². The Morgan fingerprint density at radius 1 is 0.318 bits per heavy atom. The monoisotopic (exact) mass is 1300 g/mol. The van der Waals surface area contributed by atoms with Crippen LogP contribution in [0.2, 0.25) is 0 Å². The average molecular weight is 1300 g/mol. The van der Waals surface area contributed by atoms with Gasteiger partial charge in [0.25, 0.3) is 0 Å². The molecule has 0 aliphatic rings. The van der Waals surface area contributed by atoms with Crippen molar-refractivity contribution in [3.8, 4) is 0 Å². The lowest BCUT2D eigenvalue weighted by atomic mass is 9.99. The number of phosphoric acid groups is 2. The van der Waals surface area contributed by atoms with Gasteiger partial charge in [-0.05, 0) is 49.4 Å². The van der Waals surface area contributed by atoms with E-state index >= 15 is 0 Å². The lowest BCUT2D eigenvalue weighted by Crippen LogP contribution is -2.30. The van der Waals surface area contributed by atoms with E-state index in [1.54, 1.807) is 0 Å². The van der Waals surface area contributed by atoms with Gasteiger partial charge in [0.15, 0.2) is 12.2 Å². The Hall–Kier alpha value is -1.94. The van der Waals surface area contributed by atoms with Crippen LogP contribution in [0.15, 0.2) is 0 Å². The number of hydrogen-bond acceptors (Lipinski definition) is 15. The lowest BCUT2D eigenvalue weighted by Gasteiger charge is -2.21. The van der Waals surface area contributed by atoms with Crippen LogP contribution >= 0.6 is 15.6 Å². The molecule has 17 nitrogen and oxygen atoms in total. The number of carbonyl (C=O) groups excluding carboxylic acids is 4. The van der Waals surface area contributed by atoms with Crippen LogP contribution in [0.5, 0.6) is 0 Å². The summed E-state index contributed by atoms with van der Waals surface area (Å²) in [4.78, 5) is 72.4. The normalized spacial score (nSPS) is 14.6. The zero-order valence-corrected chi connectivity index (χ0v) is 59.1. The summed E-state index contributed by atoms with van der Waals surface area (Å²) in [5.41, 5.74) is 0. The van der Waals surface area contributed by atoms with E-state index in [2.05, 4.69) is 55.4 Å². The van der Waals surface area contributed by atoms with Crippen LogP contribution in [0.25, 0.3) is 0 Å². The smallest absolute Gasteiger partial charge is 0.462 e. The number of phosphoric ester groups is 2. The van der Waals surface area contributed by atoms with Gasteiger partial charge in [0, 0.05) is 25.7 Å². The molecule has 0 amide bonds. The zero-order valence-electron chi connectivity index (χ0n) is 57.3. The van der Waals surface area contributed by atoms with Crippen LogP contribution in [0.3, 0.4) is 0 Å². The predicted octanol–water partition coefficient (Wildman–Crippen LogP) is 19.3. The largest absolute Gasteiger partial charge is 0.472 e. The van der Waals surface area contributed by atoms with E-state index in [-0.39, 0.29) is 25.7 Å². The van der Waals surface area contributed by atoms with E-state index in [1.807, 2.05) is 0 Å². The molecule has 0 saturated carbocycles. The molecule has 88 heavy (non-hydrogen) atoms. The van der Waals surface area contributed by atoms with E-state index in [0.29, 0.717) is 37.5 Å². The second-order valence-corrected chi connectivity index (χ2v) is 29.5. The molecule has 19 heteroatoms. The van der Waals surface area contributed by atoms with E-state index < -0.39 is 97.5 Å². The first-order valence-corrected chi connectivity index (χ1v) is 38.7. The fourth-order valence-electron chi connectivity index (χ4n) is 10.3. The highest BCUT2D eigenvalue weighted by molar-refractivity contribution is 7.47. The molecule has 0 aliphatic heterocycles. The molecule has 0 spiro atoms. The minimum absolute atomic E-state index is 0.103. The first kappa shape index (κ1) is 86.1. The fraction of sp³-hybridized carbons (Fsp3) is 0.942. The van der Waals surface area contributed by atoms with Gasteiger partial charge in [0.1, 0.15) is 19.3 Å². The summed E-state index contributed by atoms with van der Waals surface area (Å²) in [7, 11) is -9.90. The van der Waals surface area contributed by atoms with Crippen molar-refractivity contribution in [2.45, 2.75) is 356 Å². The molecule has 522 valence electrons. The van der Waals surface area contributed by atoms with Crippen molar-refractivity contribution >= 4 is 39.5 Å². The van der Waals surface area contributed by atoms with Crippen molar-refractivity contribution in [1.29, 1.82) is 0 Å². The molecule has 0 aromatic heterocycles. The van der Waals surface area contributed by atoms with Crippen molar-refractivity contribution in [2.24, 2.45) is 23.7 Å². The molecule has 0 radical (unpaired) electrons. The fourth-order valence-corrected chi connectivity index (χ4v) is 11.9. The third kappa shape index (κ3) is 61.6. The number of hydrogen-bond donors (Lipinski definition) is 3. The molecule has 0 aromatic carbocycles. The van der Waals surface area contributed by atoms with Crippen molar-refractivity contribution in [2.75, 3.05) is 39.6 Å². The number of ether oxygens (including phenoxy) is 4. The number of unbranched alkanes of at least 4 members (excludes halogenated alkanes) is 31. The number of aliphatic hydroxyl groups is 1. The third-order valence-corrected chi connectivity index (χ3v) is 18.1. The Labute approximate surface area is 537 Å². The van der Waals surface area contributed by atoms with Crippen LogP contribution in [-0.2, 0) is 65.4 Å². The predicted molar refractivity (Wildman–Crippen MR) is 354 cm³/mol. The van der Waals surface area contributed by atoms with Gasteiger partial charge in [-0.25, -0.2) is 9.13 Å². The number of esters is 4. The summed E-state index contributed by atoms with van der Waals surface area (Å²) < 4.78 is 68.2. The summed E-state index contributed by atoms with van der Waals surface area (Å²) in [6, 6.07) is 0. The second kappa shape index (κ2) is 58.8. The summed E-state index contributed by atoms with van der Waals surface area (Å²) in [6.07, 6.45) is 40.6. The number of aliphatic hydroxyl groups excluding tert-OH is 1. The number of rotatable bonds is 66. The van der Waals surface area contributed by atoms with Crippen molar-refractivity contribution in [3.63, 3.8) is 0 Å². The van der Waals surface area contributed by atoms with Crippen LogP contribution in [0.4, 0.5) is 0 Å². The Balaban J connectivity index is 5.20. The van der Waals surface area contributed by atoms with Gasteiger partial charge in [-0.1, -0.05) is 287 Å². The first-order valence-electron chi connectivity index (χ1n) is 35.7. The molecule has 0 aromatic rings. The average Bonchev–Trinajstić information content (AvgIpc) is 3.62.